The molecule has 2 heteroatoms. The Kier molecular flexibility index (Phi) is 5.27. The first-order valence-corrected chi connectivity index (χ1v) is 11.0. The summed E-state index contributed by atoms with van der Waals surface area (Å²) in [6, 6.07) is 38.1. The number of ether oxygens (including phenoxy) is 1. The maximum absolute atomic E-state index is 6.83. The second-order valence-electron chi connectivity index (χ2n) is 7.27. The quantitative estimate of drug-likeness (QED) is 0.347. The van der Waals surface area contributed by atoms with Crippen LogP contribution in [-0.4, -0.2) is 6.61 Å². The fourth-order valence-electron chi connectivity index (χ4n) is 4.10. The van der Waals surface area contributed by atoms with Crippen molar-refractivity contribution in [2.75, 3.05) is 6.61 Å². The lowest BCUT2D eigenvalue weighted by Gasteiger charge is -2.40. The number of hydrogen-bond donors (Lipinski definition) is 0. The lowest BCUT2D eigenvalue weighted by Crippen LogP contribution is -2.35. The maximum Gasteiger partial charge on any atom is 0.146 e. The van der Waals surface area contributed by atoms with Crippen LogP contribution in [0, 0.1) is 0 Å². The van der Waals surface area contributed by atoms with E-state index >= 15 is 0 Å². The second-order valence-corrected chi connectivity index (χ2v) is 8.35. The first kappa shape index (κ1) is 18.9. The Balaban J connectivity index is 1.62. The molecule has 1 aliphatic rings. The average molecular weight is 407 g/mol. The molecular formula is C28H22OS. The Labute approximate surface area is 182 Å². The van der Waals surface area contributed by atoms with Crippen molar-refractivity contribution < 1.29 is 4.74 Å². The van der Waals surface area contributed by atoms with Crippen LogP contribution in [0.3, 0.4) is 0 Å². The van der Waals surface area contributed by atoms with Crippen LogP contribution < -0.4 is 0 Å². The van der Waals surface area contributed by atoms with Crippen molar-refractivity contribution in [3.8, 4) is 0 Å². The van der Waals surface area contributed by atoms with Gasteiger partial charge in [-0.25, -0.2) is 0 Å². The summed E-state index contributed by atoms with van der Waals surface area (Å²) >= 11 is 1.82. The van der Waals surface area contributed by atoms with Crippen molar-refractivity contribution in [1.82, 2.24) is 0 Å². The lowest BCUT2D eigenvalue weighted by atomic mass is 9.79. The molecule has 0 bridgehead atoms. The van der Waals surface area contributed by atoms with E-state index in [0.29, 0.717) is 6.61 Å². The molecule has 146 valence electrons. The molecule has 0 atom stereocenters. The summed E-state index contributed by atoms with van der Waals surface area (Å²) in [6.07, 6.45) is 4.22. The van der Waals surface area contributed by atoms with E-state index in [1.165, 1.54) is 26.5 Å². The van der Waals surface area contributed by atoms with Crippen LogP contribution >= 0.6 is 11.8 Å². The lowest BCUT2D eigenvalue weighted by molar-refractivity contribution is 0.0273. The van der Waals surface area contributed by atoms with E-state index in [1.54, 1.807) is 0 Å². The van der Waals surface area contributed by atoms with Gasteiger partial charge in [-0.3, -0.25) is 0 Å². The van der Waals surface area contributed by atoms with Gasteiger partial charge < -0.3 is 4.74 Å². The minimum absolute atomic E-state index is 0.511. The summed E-state index contributed by atoms with van der Waals surface area (Å²) in [5, 5.41) is 0. The number of benzene rings is 4. The van der Waals surface area contributed by atoms with Gasteiger partial charge in [0.05, 0.1) is 6.61 Å². The van der Waals surface area contributed by atoms with E-state index in [4.69, 9.17) is 4.74 Å². The van der Waals surface area contributed by atoms with Crippen molar-refractivity contribution in [2.24, 2.45) is 0 Å². The highest BCUT2D eigenvalue weighted by Crippen LogP contribution is 2.52. The molecule has 5 rings (SSSR count). The van der Waals surface area contributed by atoms with Gasteiger partial charge in [-0.15, -0.1) is 0 Å². The molecule has 30 heavy (non-hydrogen) atoms. The van der Waals surface area contributed by atoms with Crippen molar-refractivity contribution in [1.29, 1.82) is 0 Å². The minimum Gasteiger partial charge on any atom is -0.357 e. The van der Waals surface area contributed by atoms with E-state index in [9.17, 15) is 0 Å². The summed E-state index contributed by atoms with van der Waals surface area (Å²) in [5.74, 6) is 0. The van der Waals surface area contributed by atoms with Crippen LogP contribution in [0.25, 0.3) is 6.08 Å². The zero-order valence-corrected chi connectivity index (χ0v) is 17.4. The van der Waals surface area contributed by atoms with E-state index in [0.717, 1.165) is 5.56 Å². The molecule has 0 aliphatic carbocycles. The van der Waals surface area contributed by atoms with Gasteiger partial charge in [0, 0.05) is 20.9 Å². The van der Waals surface area contributed by atoms with Gasteiger partial charge in [-0.1, -0.05) is 121 Å². The molecule has 0 saturated carbocycles. The van der Waals surface area contributed by atoms with Crippen LogP contribution in [0.2, 0.25) is 0 Å². The zero-order valence-electron chi connectivity index (χ0n) is 16.6. The normalized spacial score (nSPS) is 14.3. The maximum atomic E-state index is 6.83. The molecule has 0 fully saturated rings. The molecule has 0 aromatic heterocycles. The predicted molar refractivity (Wildman–Crippen MR) is 125 cm³/mol. The molecule has 0 radical (unpaired) electrons. The van der Waals surface area contributed by atoms with Gasteiger partial charge in [0.2, 0.25) is 0 Å². The van der Waals surface area contributed by atoms with Crippen molar-refractivity contribution in [3.05, 3.63) is 138 Å². The highest BCUT2D eigenvalue weighted by Gasteiger charge is 2.43. The molecule has 4 aromatic rings. The Morgan fingerprint density at radius 3 is 1.80 bits per heavy atom. The van der Waals surface area contributed by atoms with E-state index in [1.807, 2.05) is 17.8 Å². The third kappa shape index (κ3) is 3.39. The van der Waals surface area contributed by atoms with E-state index in [-0.39, 0.29) is 0 Å². The molecule has 0 spiro atoms. The molecule has 1 nitrogen and oxygen atoms in total. The highest BCUT2D eigenvalue weighted by atomic mass is 32.2. The third-order valence-corrected chi connectivity index (χ3v) is 6.59. The molecule has 4 aromatic carbocycles. The number of fused-ring (bicyclic) bond motifs is 2. The van der Waals surface area contributed by atoms with Crippen LogP contribution in [0.1, 0.15) is 22.3 Å². The molecule has 1 aliphatic heterocycles. The third-order valence-electron chi connectivity index (χ3n) is 5.44. The van der Waals surface area contributed by atoms with Crippen LogP contribution in [-0.2, 0) is 10.3 Å². The first-order valence-electron chi connectivity index (χ1n) is 10.2. The van der Waals surface area contributed by atoms with Gasteiger partial charge in [0.1, 0.15) is 5.60 Å². The Hall–Kier alpha value is -3.07. The summed E-state index contributed by atoms with van der Waals surface area (Å²) in [4.78, 5) is 2.49. The Morgan fingerprint density at radius 2 is 1.17 bits per heavy atom. The zero-order chi connectivity index (χ0) is 20.2. The molecular weight excluding hydrogens is 384 g/mol. The Bertz CT molecular complexity index is 1120. The summed E-state index contributed by atoms with van der Waals surface area (Å²) in [5.41, 5.74) is 4.09. The SMILES string of the molecule is C(=C\c1ccccc1)/COC1(c2ccccc2)c2ccccc2Sc2ccccc21. The topological polar surface area (TPSA) is 9.23 Å². The number of rotatable bonds is 5. The van der Waals surface area contributed by atoms with Crippen molar-refractivity contribution >= 4 is 17.8 Å². The van der Waals surface area contributed by atoms with E-state index < -0.39 is 5.60 Å². The van der Waals surface area contributed by atoms with Gasteiger partial charge >= 0.3 is 0 Å². The van der Waals surface area contributed by atoms with Crippen LogP contribution in [0.15, 0.2) is 125 Å². The number of hydrogen-bond acceptors (Lipinski definition) is 2. The molecule has 0 saturated heterocycles. The molecule has 0 unspecified atom stereocenters. The molecule has 0 N–H and O–H groups in total. The largest absolute Gasteiger partial charge is 0.357 e. The highest BCUT2D eigenvalue weighted by molar-refractivity contribution is 7.99. The fourth-order valence-corrected chi connectivity index (χ4v) is 5.27. The molecule has 0 amide bonds. The van der Waals surface area contributed by atoms with Gasteiger partial charge in [0.15, 0.2) is 0 Å². The van der Waals surface area contributed by atoms with Crippen molar-refractivity contribution in [2.45, 2.75) is 15.4 Å². The smallest absolute Gasteiger partial charge is 0.146 e. The van der Waals surface area contributed by atoms with Gasteiger partial charge in [-0.2, -0.15) is 0 Å². The van der Waals surface area contributed by atoms with Crippen molar-refractivity contribution in [3.63, 3.8) is 0 Å². The fraction of sp³-hybridized carbons (Fsp3) is 0.0714. The summed E-state index contributed by atoms with van der Waals surface area (Å²) in [7, 11) is 0. The first-order chi connectivity index (χ1) is 14.9. The summed E-state index contributed by atoms with van der Waals surface area (Å²) in [6.45, 7) is 0.511. The van der Waals surface area contributed by atoms with Gasteiger partial charge in [-0.05, 0) is 23.3 Å². The summed E-state index contributed by atoms with van der Waals surface area (Å²) < 4.78 is 6.83. The minimum atomic E-state index is -0.638. The Morgan fingerprint density at radius 1 is 0.633 bits per heavy atom. The average Bonchev–Trinajstić information content (AvgIpc) is 2.82. The second kappa shape index (κ2) is 8.35. The molecule has 1 heterocycles. The van der Waals surface area contributed by atoms with Crippen LogP contribution in [0.4, 0.5) is 0 Å². The monoisotopic (exact) mass is 406 g/mol. The van der Waals surface area contributed by atoms with E-state index in [2.05, 4.69) is 115 Å². The van der Waals surface area contributed by atoms with Crippen LogP contribution in [0.5, 0.6) is 0 Å². The predicted octanol–water partition coefficient (Wildman–Crippen LogP) is 7.17. The van der Waals surface area contributed by atoms with Gasteiger partial charge in [0.25, 0.3) is 0 Å². The standard InChI is InChI=1S/C28H22OS/c1-3-12-22(13-4-1)14-11-21-29-28(23-15-5-2-6-16-23)24-17-7-9-19-26(24)30-27-20-10-8-18-25(27)28/h1-20H,21H2/b14-11+.